The van der Waals surface area contributed by atoms with Gasteiger partial charge in [-0.15, -0.1) is 10.2 Å². The lowest BCUT2D eigenvalue weighted by atomic mass is 10.1. The molecule has 0 fully saturated rings. The number of hydrogen-bond acceptors (Lipinski definition) is 5. The smallest absolute Gasteiger partial charge is 0.159 e. The van der Waals surface area contributed by atoms with Crippen molar-refractivity contribution in [3.63, 3.8) is 0 Å². The average Bonchev–Trinajstić information content (AvgIpc) is 2.68. The summed E-state index contributed by atoms with van der Waals surface area (Å²) < 4.78 is 36.8. The van der Waals surface area contributed by atoms with Crippen LogP contribution in [0.2, 0.25) is 0 Å². The Morgan fingerprint density at radius 3 is 2.38 bits per heavy atom. The Labute approximate surface area is 154 Å². The van der Waals surface area contributed by atoms with E-state index in [9.17, 15) is 8.78 Å². The normalized spacial score (nSPS) is 10.6. The highest BCUT2D eigenvalue weighted by molar-refractivity contribution is 7.98. The second-order valence-corrected chi connectivity index (χ2v) is 6.36. The Morgan fingerprint density at radius 2 is 1.73 bits per heavy atom. The molecule has 0 spiro atoms. The van der Waals surface area contributed by atoms with Crippen molar-refractivity contribution in [1.29, 1.82) is 0 Å². The molecule has 0 aliphatic rings. The summed E-state index contributed by atoms with van der Waals surface area (Å²) in [5, 5.41) is 9.11. The molecule has 1 heterocycles. The first-order chi connectivity index (χ1) is 12.6. The number of rotatable bonds is 6. The van der Waals surface area contributed by atoms with Crippen LogP contribution in [-0.2, 0) is 5.75 Å². The summed E-state index contributed by atoms with van der Waals surface area (Å²) in [5.74, 6) is 0.125. The van der Waals surface area contributed by atoms with Crippen LogP contribution in [0.4, 0.5) is 8.78 Å². The second kappa shape index (κ2) is 8.14. The van der Waals surface area contributed by atoms with Crippen molar-refractivity contribution in [1.82, 2.24) is 10.2 Å². The maximum absolute atomic E-state index is 13.2. The molecule has 0 aliphatic heterocycles. The Hall–Kier alpha value is -2.67. The molecule has 0 N–H and O–H groups in total. The van der Waals surface area contributed by atoms with Crippen molar-refractivity contribution < 1.29 is 18.3 Å². The number of halogens is 2. The molecule has 134 valence electrons. The lowest BCUT2D eigenvalue weighted by molar-refractivity contribution is 0.404. The summed E-state index contributed by atoms with van der Waals surface area (Å²) in [5.41, 5.74) is 2.10. The summed E-state index contributed by atoms with van der Waals surface area (Å²) in [6, 6.07) is 13.0. The summed E-state index contributed by atoms with van der Waals surface area (Å²) in [7, 11) is 3.18. The van der Waals surface area contributed by atoms with Crippen molar-refractivity contribution in [3.05, 3.63) is 65.7 Å². The fraction of sp³-hybridized carbons (Fsp3) is 0.158. The zero-order valence-electron chi connectivity index (χ0n) is 14.2. The van der Waals surface area contributed by atoms with Crippen molar-refractivity contribution in [2.24, 2.45) is 0 Å². The van der Waals surface area contributed by atoms with Gasteiger partial charge in [-0.05, 0) is 48.0 Å². The number of methoxy groups -OCH3 is 2. The molecule has 0 unspecified atom stereocenters. The third-order valence-corrected chi connectivity index (χ3v) is 4.68. The molecule has 1 aromatic heterocycles. The molecular formula is C19H16F2N2O2S. The van der Waals surface area contributed by atoms with E-state index in [2.05, 4.69) is 10.2 Å². The Balaban J connectivity index is 1.75. The molecule has 0 saturated heterocycles. The van der Waals surface area contributed by atoms with Gasteiger partial charge in [0.2, 0.25) is 0 Å². The summed E-state index contributed by atoms with van der Waals surface area (Å²) in [6.45, 7) is 0. The van der Waals surface area contributed by atoms with Gasteiger partial charge in [0, 0.05) is 11.3 Å². The molecule has 7 heteroatoms. The minimum atomic E-state index is -0.852. The molecule has 4 nitrogen and oxygen atoms in total. The fourth-order valence-electron chi connectivity index (χ4n) is 2.34. The van der Waals surface area contributed by atoms with Gasteiger partial charge in [-0.25, -0.2) is 8.78 Å². The predicted octanol–water partition coefficient (Wildman–Crippen LogP) is 4.73. The topological polar surface area (TPSA) is 44.2 Å². The average molecular weight is 374 g/mol. The zero-order chi connectivity index (χ0) is 18.5. The van der Waals surface area contributed by atoms with Crippen LogP contribution in [0.1, 0.15) is 5.56 Å². The van der Waals surface area contributed by atoms with Crippen LogP contribution in [0.15, 0.2) is 53.6 Å². The van der Waals surface area contributed by atoms with Crippen LogP contribution < -0.4 is 9.47 Å². The first kappa shape index (κ1) is 18.1. The first-order valence-electron chi connectivity index (χ1n) is 7.73. The van der Waals surface area contributed by atoms with Gasteiger partial charge in [0.25, 0.3) is 0 Å². The number of aromatic nitrogens is 2. The van der Waals surface area contributed by atoms with Crippen LogP contribution >= 0.6 is 11.8 Å². The Morgan fingerprint density at radius 1 is 0.885 bits per heavy atom. The quantitative estimate of drug-likeness (QED) is 0.584. The molecule has 0 radical (unpaired) electrons. The van der Waals surface area contributed by atoms with Crippen LogP contribution in [0.5, 0.6) is 11.5 Å². The Bertz CT molecular complexity index is 905. The van der Waals surface area contributed by atoms with Gasteiger partial charge in [0.05, 0.1) is 19.9 Å². The zero-order valence-corrected chi connectivity index (χ0v) is 15.0. The van der Waals surface area contributed by atoms with Crippen molar-refractivity contribution in [2.45, 2.75) is 10.8 Å². The lowest BCUT2D eigenvalue weighted by Gasteiger charge is -2.10. The first-order valence-corrected chi connectivity index (χ1v) is 8.72. The minimum absolute atomic E-state index is 0.466. The van der Waals surface area contributed by atoms with E-state index in [1.165, 1.54) is 17.8 Å². The summed E-state index contributed by atoms with van der Waals surface area (Å²) in [4.78, 5) is 0. The standard InChI is InChI=1S/C19H16F2N2O2S/c1-24-13-4-7-18(25-2)14(10-13)17-6-8-19(23-22-17)26-11-12-3-5-15(20)16(21)9-12/h3-10H,11H2,1-2H3. The highest BCUT2D eigenvalue weighted by Crippen LogP contribution is 2.32. The molecule has 0 bridgehead atoms. The summed E-state index contributed by atoms with van der Waals surface area (Å²) >= 11 is 1.39. The van der Waals surface area contributed by atoms with E-state index in [0.717, 1.165) is 11.6 Å². The van der Waals surface area contributed by atoms with E-state index in [1.54, 1.807) is 20.3 Å². The third kappa shape index (κ3) is 4.11. The number of thioether (sulfide) groups is 1. The fourth-order valence-corrected chi connectivity index (χ4v) is 3.10. The van der Waals surface area contributed by atoms with Crippen LogP contribution in [0, 0.1) is 11.6 Å². The van der Waals surface area contributed by atoms with Gasteiger partial charge >= 0.3 is 0 Å². The van der Waals surface area contributed by atoms with Gasteiger partial charge in [-0.1, -0.05) is 17.8 Å². The van der Waals surface area contributed by atoms with Crippen LogP contribution in [0.3, 0.4) is 0 Å². The van der Waals surface area contributed by atoms with E-state index >= 15 is 0 Å². The maximum atomic E-state index is 13.2. The van der Waals surface area contributed by atoms with E-state index in [-0.39, 0.29) is 0 Å². The number of ether oxygens (including phenoxy) is 2. The molecule has 3 aromatic rings. The monoisotopic (exact) mass is 374 g/mol. The van der Waals surface area contributed by atoms with Crippen molar-refractivity contribution in [3.8, 4) is 22.8 Å². The van der Waals surface area contributed by atoms with Gasteiger partial charge in [0.1, 0.15) is 16.5 Å². The molecule has 2 aromatic carbocycles. The SMILES string of the molecule is COc1ccc(OC)c(-c2ccc(SCc3ccc(F)c(F)c3)nn2)c1. The predicted molar refractivity (Wildman–Crippen MR) is 96.5 cm³/mol. The van der Waals surface area contributed by atoms with Gasteiger partial charge in [-0.3, -0.25) is 0 Å². The number of benzene rings is 2. The van der Waals surface area contributed by atoms with Gasteiger partial charge in [-0.2, -0.15) is 0 Å². The second-order valence-electron chi connectivity index (χ2n) is 5.36. The lowest BCUT2D eigenvalue weighted by Crippen LogP contribution is -1.94. The molecule has 0 saturated carbocycles. The van der Waals surface area contributed by atoms with Crippen LogP contribution in [0.25, 0.3) is 11.3 Å². The maximum Gasteiger partial charge on any atom is 0.159 e. The highest BCUT2D eigenvalue weighted by atomic mass is 32.2. The Kier molecular flexibility index (Phi) is 5.68. The van der Waals surface area contributed by atoms with Gasteiger partial charge < -0.3 is 9.47 Å². The molecular weight excluding hydrogens is 358 g/mol. The van der Waals surface area contributed by atoms with Crippen LogP contribution in [-0.4, -0.2) is 24.4 Å². The molecule has 26 heavy (non-hydrogen) atoms. The largest absolute Gasteiger partial charge is 0.497 e. The number of hydrogen-bond donors (Lipinski definition) is 0. The van der Waals surface area contributed by atoms with E-state index in [4.69, 9.17) is 9.47 Å². The minimum Gasteiger partial charge on any atom is -0.497 e. The molecule has 0 amide bonds. The summed E-state index contributed by atoms with van der Waals surface area (Å²) in [6.07, 6.45) is 0. The van der Waals surface area contributed by atoms with E-state index < -0.39 is 11.6 Å². The highest BCUT2D eigenvalue weighted by Gasteiger charge is 2.10. The van der Waals surface area contributed by atoms with Crippen molar-refractivity contribution >= 4 is 11.8 Å². The molecule has 3 rings (SSSR count). The van der Waals surface area contributed by atoms with E-state index in [1.807, 2.05) is 30.3 Å². The van der Waals surface area contributed by atoms with Crippen molar-refractivity contribution in [2.75, 3.05) is 14.2 Å². The van der Waals surface area contributed by atoms with E-state index in [0.29, 0.717) is 33.5 Å². The third-order valence-electron chi connectivity index (χ3n) is 3.69. The van der Waals surface area contributed by atoms with Gasteiger partial charge in [0.15, 0.2) is 11.6 Å². The molecule has 0 aliphatic carbocycles. The number of nitrogens with zero attached hydrogens (tertiary/aromatic N) is 2. The molecule has 0 atom stereocenters.